The van der Waals surface area contributed by atoms with E-state index in [0.29, 0.717) is 6.71 Å². The second-order valence-electron chi connectivity index (χ2n) is 3.29. The van der Waals surface area contributed by atoms with Gasteiger partial charge >= 0.3 is 0 Å². The molecule has 1 aromatic heterocycles. The van der Waals surface area contributed by atoms with Crippen LogP contribution in [0.15, 0.2) is 24.3 Å². The van der Waals surface area contributed by atoms with Crippen molar-refractivity contribution in [3.05, 3.63) is 24.3 Å². The third kappa shape index (κ3) is 1.11. The van der Waals surface area contributed by atoms with E-state index in [9.17, 15) is 0 Å². The normalized spacial score (nSPS) is 10.5. The van der Waals surface area contributed by atoms with E-state index in [4.69, 9.17) is 0 Å². The molecule has 1 N–H and O–H groups in total. The third-order valence-corrected chi connectivity index (χ3v) is 1.95. The Morgan fingerprint density at radius 1 is 1.25 bits per heavy atom. The Morgan fingerprint density at radius 2 is 2.00 bits per heavy atom. The van der Waals surface area contributed by atoms with Gasteiger partial charge in [-0.2, -0.15) is 0 Å². The number of fused-ring (bicyclic) bond motifs is 1. The first kappa shape index (κ1) is 7.41. The maximum absolute atomic E-state index is 4.46. The van der Waals surface area contributed by atoms with Crippen LogP contribution in [0, 0.1) is 0 Å². The highest BCUT2D eigenvalue weighted by Crippen LogP contribution is 2.05. The zero-order valence-corrected chi connectivity index (χ0v) is 7.33. The minimum Gasteiger partial charge on any atom is -0.350 e. The molecule has 0 unspecified atom stereocenters. The van der Waals surface area contributed by atoms with E-state index < -0.39 is 0 Å². The van der Waals surface area contributed by atoms with Crippen molar-refractivity contribution in [2.75, 3.05) is 0 Å². The highest BCUT2D eigenvalue weighted by molar-refractivity contribution is 6.69. The lowest BCUT2D eigenvalue weighted by molar-refractivity contribution is 1.42. The minimum atomic E-state index is 0.470. The van der Waals surface area contributed by atoms with Gasteiger partial charge in [-0.3, -0.25) is 0 Å². The van der Waals surface area contributed by atoms with Crippen LogP contribution in [0.4, 0.5) is 0 Å². The fourth-order valence-electron chi connectivity index (χ4n) is 1.25. The Labute approximate surface area is 72.1 Å². The van der Waals surface area contributed by atoms with Crippen molar-refractivity contribution in [3.63, 3.8) is 0 Å². The first-order valence-corrected chi connectivity index (χ1v) is 4.22. The number of nitrogens with zero attached hydrogens (tertiary/aromatic N) is 1. The Bertz CT molecular complexity index is 359. The van der Waals surface area contributed by atoms with Gasteiger partial charge < -0.3 is 4.98 Å². The summed E-state index contributed by atoms with van der Waals surface area (Å²) in [4.78, 5) is 7.74. The second kappa shape index (κ2) is 2.66. The van der Waals surface area contributed by atoms with Crippen LogP contribution in [0.3, 0.4) is 0 Å². The molecule has 0 spiro atoms. The van der Waals surface area contributed by atoms with Gasteiger partial charge in [0.15, 0.2) is 0 Å². The number of imidazole rings is 1. The first-order chi connectivity index (χ1) is 5.77. The standard InChI is InChI=1S/C9H11BN2/c1-10(2)9-11-7-5-3-4-6-8(7)12-9/h3-6H,1-2H3,(H,11,12). The number of H-pyrrole nitrogens is 1. The molecule has 3 heteroatoms. The van der Waals surface area contributed by atoms with Crippen LogP contribution >= 0.6 is 0 Å². The van der Waals surface area contributed by atoms with E-state index in [-0.39, 0.29) is 0 Å². The molecule has 1 aromatic carbocycles. The van der Waals surface area contributed by atoms with Gasteiger partial charge in [-0.05, 0) is 12.1 Å². The van der Waals surface area contributed by atoms with Gasteiger partial charge in [0, 0.05) is 0 Å². The number of benzene rings is 1. The number of aromatic nitrogens is 2. The lowest BCUT2D eigenvalue weighted by atomic mass is 9.54. The molecule has 0 fully saturated rings. The summed E-state index contributed by atoms with van der Waals surface area (Å²) in [6, 6.07) is 8.10. The Kier molecular flexibility index (Phi) is 1.64. The van der Waals surface area contributed by atoms with E-state index in [1.54, 1.807) is 0 Å². The molecule has 0 aliphatic heterocycles. The van der Waals surface area contributed by atoms with Crippen LogP contribution in [0.2, 0.25) is 13.6 Å². The molecule has 0 bridgehead atoms. The maximum atomic E-state index is 4.46. The van der Waals surface area contributed by atoms with Crippen LogP contribution < -0.4 is 5.72 Å². The van der Waals surface area contributed by atoms with Crippen molar-refractivity contribution in [2.45, 2.75) is 13.6 Å². The summed E-state index contributed by atoms with van der Waals surface area (Å²) in [7, 11) is 0. The Hall–Kier alpha value is -1.25. The van der Waals surface area contributed by atoms with Crippen LogP contribution in [0.5, 0.6) is 0 Å². The zero-order chi connectivity index (χ0) is 8.55. The van der Waals surface area contributed by atoms with Crippen LogP contribution in [-0.2, 0) is 0 Å². The second-order valence-corrected chi connectivity index (χ2v) is 3.29. The first-order valence-electron chi connectivity index (χ1n) is 4.22. The highest BCUT2D eigenvalue weighted by atomic mass is 14.9. The molecule has 1 heterocycles. The smallest absolute Gasteiger partial charge is 0.216 e. The maximum Gasteiger partial charge on any atom is 0.216 e. The molecule has 0 saturated carbocycles. The largest absolute Gasteiger partial charge is 0.350 e. The van der Waals surface area contributed by atoms with E-state index in [0.717, 1.165) is 16.8 Å². The molecular weight excluding hydrogens is 147 g/mol. The molecule has 0 amide bonds. The number of nitrogens with one attached hydrogen (secondary N) is 1. The molecule has 0 radical (unpaired) electrons. The fraction of sp³-hybridized carbons (Fsp3) is 0.222. The van der Waals surface area contributed by atoms with Crippen molar-refractivity contribution >= 4 is 23.5 Å². The molecule has 2 rings (SSSR count). The molecule has 2 nitrogen and oxygen atoms in total. The van der Waals surface area contributed by atoms with Gasteiger partial charge in [-0.25, -0.2) is 4.98 Å². The quantitative estimate of drug-likeness (QED) is 0.626. The summed E-state index contributed by atoms with van der Waals surface area (Å²) in [6.07, 6.45) is 0. The molecule has 2 aromatic rings. The minimum absolute atomic E-state index is 0.470. The summed E-state index contributed by atoms with van der Waals surface area (Å²) >= 11 is 0. The number of rotatable bonds is 1. The summed E-state index contributed by atoms with van der Waals surface area (Å²) in [6.45, 7) is 4.74. The van der Waals surface area contributed by atoms with Gasteiger partial charge in [0.05, 0.1) is 16.8 Å². The van der Waals surface area contributed by atoms with E-state index in [1.807, 2.05) is 24.3 Å². The Morgan fingerprint density at radius 3 is 2.67 bits per heavy atom. The average molecular weight is 158 g/mol. The molecule has 0 aliphatic carbocycles. The predicted octanol–water partition coefficient (Wildman–Crippen LogP) is 1.52. The summed E-state index contributed by atoms with van der Waals surface area (Å²) in [5.41, 5.74) is 3.25. The van der Waals surface area contributed by atoms with Gasteiger partial charge in [0.1, 0.15) is 0 Å². The number of para-hydroxylation sites is 2. The summed E-state index contributed by atoms with van der Waals surface area (Å²) < 4.78 is 0. The summed E-state index contributed by atoms with van der Waals surface area (Å²) in [5, 5.41) is 0. The van der Waals surface area contributed by atoms with Crippen molar-refractivity contribution in [1.82, 2.24) is 9.97 Å². The lowest BCUT2D eigenvalue weighted by Gasteiger charge is -1.91. The van der Waals surface area contributed by atoms with Crippen molar-refractivity contribution < 1.29 is 0 Å². The number of aromatic amines is 1. The monoisotopic (exact) mass is 158 g/mol. The zero-order valence-electron chi connectivity index (χ0n) is 7.33. The van der Waals surface area contributed by atoms with Crippen LogP contribution in [-0.4, -0.2) is 16.7 Å². The van der Waals surface area contributed by atoms with Crippen molar-refractivity contribution in [2.24, 2.45) is 0 Å². The van der Waals surface area contributed by atoms with Gasteiger partial charge in [0.25, 0.3) is 0 Å². The highest BCUT2D eigenvalue weighted by Gasteiger charge is 2.07. The SMILES string of the molecule is CB(C)c1nc2ccccc2[nH]1. The number of hydrogen-bond acceptors (Lipinski definition) is 1. The van der Waals surface area contributed by atoms with Crippen LogP contribution in [0.25, 0.3) is 11.0 Å². The molecule has 0 saturated heterocycles. The Balaban J connectivity index is 2.62. The summed E-state index contributed by atoms with van der Waals surface area (Å²) in [5.74, 6) is 0. The fourth-order valence-corrected chi connectivity index (χ4v) is 1.25. The van der Waals surface area contributed by atoms with Crippen LogP contribution in [0.1, 0.15) is 0 Å². The van der Waals surface area contributed by atoms with Gasteiger partial charge in [-0.1, -0.05) is 25.8 Å². The van der Waals surface area contributed by atoms with E-state index in [2.05, 4.69) is 23.6 Å². The van der Waals surface area contributed by atoms with Crippen molar-refractivity contribution in [3.8, 4) is 0 Å². The molecule has 0 aliphatic rings. The van der Waals surface area contributed by atoms with E-state index >= 15 is 0 Å². The average Bonchev–Trinajstić information content (AvgIpc) is 2.46. The van der Waals surface area contributed by atoms with Gasteiger partial charge in [-0.15, -0.1) is 0 Å². The van der Waals surface area contributed by atoms with E-state index in [1.165, 1.54) is 0 Å². The van der Waals surface area contributed by atoms with Crippen molar-refractivity contribution in [1.29, 1.82) is 0 Å². The molecule has 12 heavy (non-hydrogen) atoms. The number of hydrogen-bond donors (Lipinski definition) is 1. The topological polar surface area (TPSA) is 28.7 Å². The van der Waals surface area contributed by atoms with Gasteiger partial charge in [0.2, 0.25) is 6.71 Å². The lowest BCUT2D eigenvalue weighted by Crippen LogP contribution is -2.26. The molecular formula is C9H11BN2. The predicted molar refractivity (Wildman–Crippen MR) is 53.2 cm³/mol. The molecule has 0 atom stereocenters. The third-order valence-electron chi connectivity index (χ3n) is 1.95. The molecule has 60 valence electrons.